The van der Waals surface area contributed by atoms with Gasteiger partial charge in [-0.15, -0.1) is 0 Å². The maximum atomic E-state index is 12.7. The first-order valence-corrected chi connectivity index (χ1v) is 11.8. The quantitative estimate of drug-likeness (QED) is 0.385. The maximum absolute atomic E-state index is 12.7. The van der Waals surface area contributed by atoms with Gasteiger partial charge in [-0.25, -0.2) is 4.79 Å². The Labute approximate surface area is 199 Å². The number of hydrogen-bond acceptors (Lipinski definition) is 3. The second kappa shape index (κ2) is 8.86. The lowest BCUT2D eigenvalue weighted by molar-refractivity contribution is -0.117. The molecule has 6 heteroatoms. The van der Waals surface area contributed by atoms with Gasteiger partial charge in [-0.2, -0.15) is 0 Å². The molecule has 5 rings (SSSR count). The Balaban J connectivity index is 1.31. The first-order chi connectivity index (χ1) is 16.5. The Bertz CT molecular complexity index is 1390. The van der Waals surface area contributed by atoms with E-state index in [2.05, 4.69) is 42.8 Å². The number of anilines is 2. The van der Waals surface area contributed by atoms with Crippen LogP contribution in [0.4, 0.5) is 16.2 Å². The molecule has 1 aromatic heterocycles. The first-order valence-electron chi connectivity index (χ1n) is 11.8. The molecule has 1 N–H and O–H groups in total. The summed E-state index contributed by atoms with van der Waals surface area (Å²) in [5.41, 5.74) is 4.98. The van der Waals surface area contributed by atoms with Crippen molar-refractivity contribution >= 4 is 45.2 Å². The summed E-state index contributed by atoms with van der Waals surface area (Å²) in [5.74, 6) is 0.264. The number of para-hydroxylation sites is 2. The van der Waals surface area contributed by atoms with E-state index in [1.54, 1.807) is 4.90 Å². The van der Waals surface area contributed by atoms with Crippen molar-refractivity contribution in [3.8, 4) is 0 Å². The Kier molecular flexibility index (Phi) is 5.74. The topological polar surface area (TPSA) is 63.6 Å². The fourth-order valence-electron chi connectivity index (χ4n) is 4.98. The standard InChI is InChI=1S/C28H29N3O3/c1-4-30-25-12-8-6-10-22(25)23-15-19(13-14-26(23)30)29-28(33)34-20-16-27(32)31(17-20)24-11-7-5-9-21(24)18(2)3/h5-15,18,20H,4,16-17H2,1-3H3,(H,29,33)/t20-/m1/s1. The summed E-state index contributed by atoms with van der Waals surface area (Å²) < 4.78 is 7.91. The van der Waals surface area contributed by atoms with Crippen LogP contribution in [0.15, 0.2) is 66.7 Å². The lowest BCUT2D eigenvalue weighted by Gasteiger charge is -2.22. The molecule has 174 valence electrons. The minimum absolute atomic E-state index is 0.0281. The fourth-order valence-corrected chi connectivity index (χ4v) is 4.98. The molecule has 0 unspecified atom stereocenters. The van der Waals surface area contributed by atoms with E-state index in [9.17, 15) is 9.59 Å². The highest BCUT2D eigenvalue weighted by atomic mass is 16.6. The molecule has 2 heterocycles. The van der Waals surface area contributed by atoms with Gasteiger partial charge in [-0.1, -0.05) is 50.2 Å². The van der Waals surface area contributed by atoms with Gasteiger partial charge in [-0.3, -0.25) is 10.1 Å². The second-order valence-corrected chi connectivity index (χ2v) is 9.07. The van der Waals surface area contributed by atoms with Crippen LogP contribution in [0, 0.1) is 0 Å². The first kappa shape index (κ1) is 22.0. The summed E-state index contributed by atoms with van der Waals surface area (Å²) in [6, 6.07) is 22.1. The predicted molar refractivity (Wildman–Crippen MR) is 137 cm³/mol. The third kappa shape index (κ3) is 3.89. The van der Waals surface area contributed by atoms with Crippen molar-refractivity contribution in [2.45, 2.75) is 45.8 Å². The molecule has 1 fully saturated rings. The summed E-state index contributed by atoms with van der Waals surface area (Å²) in [4.78, 5) is 27.1. The van der Waals surface area contributed by atoms with Crippen molar-refractivity contribution in [3.05, 3.63) is 72.3 Å². The average Bonchev–Trinajstić information content (AvgIpc) is 3.35. The number of aryl methyl sites for hydroxylation is 1. The number of aromatic nitrogens is 1. The molecule has 0 saturated carbocycles. The van der Waals surface area contributed by atoms with Gasteiger partial charge >= 0.3 is 6.09 Å². The van der Waals surface area contributed by atoms with Gasteiger partial charge in [0.15, 0.2) is 0 Å². The summed E-state index contributed by atoms with van der Waals surface area (Å²) in [6.07, 6.45) is -0.850. The highest BCUT2D eigenvalue weighted by Gasteiger charge is 2.34. The summed E-state index contributed by atoms with van der Waals surface area (Å²) in [5, 5.41) is 5.09. The summed E-state index contributed by atoms with van der Waals surface area (Å²) in [7, 11) is 0. The molecule has 4 aromatic rings. The second-order valence-electron chi connectivity index (χ2n) is 9.07. The van der Waals surface area contributed by atoms with E-state index < -0.39 is 12.2 Å². The molecular weight excluding hydrogens is 426 g/mol. The largest absolute Gasteiger partial charge is 0.444 e. The van der Waals surface area contributed by atoms with Crippen LogP contribution in [0.5, 0.6) is 0 Å². The molecule has 3 aromatic carbocycles. The Morgan fingerprint density at radius 2 is 1.76 bits per heavy atom. The number of nitrogens with one attached hydrogen (secondary N) is 1. The lowest BCUT2D eigenvalue weighted by Crippen LogP contribution is -2.28. The van der Waals surface area contributed by atoms with Crippen molar-refractivity contribution in [1.82, 2.24) is 4.57 Å². The molecule has 0 spiro atoms. The number of nitrogens with zero attached hydrogens (tertiary/aromatic N) is 2. The van der Waals surface area contributed by atoms with Crippen LogP contribution in [0.25, 0.3) is 21.8 Å². The molecule has 2 amide bonds. The number of carbonyl (C=O) groups is 2. The molecule has 1 aliphatic heterocycles. The summed E-state index contributed by atoms with van der Waals surface area (Å²) in [6.45, 7) is 7.57. The van der Waals surface area contributed by atoms with Gasteiger partial charge < -0.3 is 14.2 Å². The summed E-state index contributed by atoms with van der Waals surface area (Å²) >= 11 is 0. The van der Waals surface area contributed by atoms with Crippen molar-refractivity contribution in [1.29, 1.82) is 0 Å². The number of hydrogen-bond donors (Lipinski definition) is 1. The highest BCUT2D eigenvalue weighted by molar-refractivity contribution is 6.09. The number of rotatable bonds is 5. The van der Waals surface area contributed by atoms with Crippen LogP contribution in [-0.4, -0.2) is 29.2 Å². The zero-order chi connectivity index (χ0) is 23.8. The number of carbonyl (C=O) groups excluding carboxylic acids is 2. The Hall–Kier alpha value is -3.80. The van der Waals surface area contributed by atoms with Crippen LogP contribution >= 0.6 is 0 Å². The molecule has 6 nitrogen and oxygen atoms in total. The monoisotopic (exact) mass is 455 g/mol. The zero-order valence-corrected chi connectivity index (χ0v) is 19.7. The lowest BCUT2D eigenvalue weighted by atomic mass is 10.0. The molecular formula is C28H29N3O3. The van der Waals surface area contributed by atoms with Crippen molar-refractivity contribution in [2.24, 2.45) is 0 Å². The van der Waals surface area contributed by atoms with Gasteiger partial charge in [0.05, 0.1) is 13.0 Å². The van der Waals surface area contributed by atoms with Crippen LogP contribution < -0.4 is 10.2 Å². The van der Waals surface area contributed by atoms with Crippen LogP contribution in [0.1, 0.15) is 38.7 Å². The van der Waals surface area contributed by atoms with Gasteiger partial charge in [0, 0.05) is 39.7 Å². The van der Waals surface area contributed by atoms with E-state index in [0.29, 0.717) is 18.2 Å². The fraction of sp³-hybridized carbons (Fsp3) is 0.286. The van der Waals surface area contributed by atoms with Crippen molar-refractivity contribution in [2.75, 3.05) is 16.8 Å². The molecule has 0 aliphatic carbocycles. The van der Waals surface area contributed by atoms with Crippen LogP contribution in [0.2, 0.25) is 0 Å². The third-order valence-corrected chi connectivity index (χ3v) is 6.55. The SMILES string of the molecule is CCn1c2ccccc2c2cc(NC(=O)O[C@@H]3CC(=O)N(c4ccccc4C(C)C)C3)ccc21. The smallest absolute Gasteiger partial charge is 0.411 e. The van der Waals surface area contributed by atoms with Crippen molar-refractivity contribution < 1.29 is 14.3 Å². The molecule has 1 aliphatic rings. The van der Waals surface area contributed by atoms with E-state index >= 15 is 0 Å². The van der Waals surface area contributed by atoms with Gasteiger partial charge in [0.1, 0.15) is 6.10 Å². The normalized spacial score (nSPS) is 16.1. The van der Waals surface area contributed by atoms with Crippen molar-refractivity contribution in [3.63, 3.8) is 0 Å². The highest BCUT2D eigenvalue weighted by Crippen LogP contribution is 2.32. The minimum atomic E-state index is -0.546. The predicted octanol–water partition coefficient (Wildman–Crippen LogP) is 6.29. The van der Waals surface area contributed by atoms with E-state index in [-0.39, 0.29) is 12.3 Å². The van der Waals surface area contributed by atoms with Gasteiger partial charge in [-0.05, 0) is 48.7 Å². The molecule has 34 heavy (non-hydrogen) atoms. The molecule has 0 bridgehead atoms. The Morgan fingerprint density at radius 3 is 2.56 bits per heavy atom. The number of amides is 2. The van der Waals surface area contributed by atoms with Gasteiger partial charge in [0.25, 0.3) is 0 Å². The third-order valence-electron chi connectivity index (χ3n) is 6.55. The average molecular weight is 456 g/mol. The molecule has 1 saturated heterocycles. The molecule has 0 radical (unpaired) electrons. The van der Waals surface area contributed by atoms with E-state index in [0.717, 1.165) is 34.1 Å². The van der Waals surface area contributed by atoms with Crippen LogP contribution in [0.3, 0.4) is 0 Å². The number of fused-ring (bicyclic) bond motifs is 3. The maximum Gasteiger partial charge on any atom is 0.411 e. The van der Waals surface area contributed by atoms with E-state index in [1.807, 2.05) is 54.6 Å². The van der Waals surface area contributed by atoms with Gasteiger partial charge in [0.2, 0.25) is 5.91 Å². The van der Waals surface area contributed by atoms with E-state index in [1.165, 1.54) is 5.52 Å². The number of ether oxygens (including phenoxy) is 1. The zero-order valence-electron chi connectivity index (χ0n) is 19.7. The number of benzene rings is 3. The Morgan fingerprint density at radius 1 is 1.03 bits per heavy atom. The minimum Gasteiger partial charge on any atom is -0.444 e. The van der Waals surface area contributed by atoms with E-state index in [4.69, 9.17) is 4.74 Å². The molecule has 1 atom stereocenters. The van der Waals surface area contributed by atoms with Crippen LogP contribution in [-0.2, 0) is 16.1 Å².